The minimum atomic E-state index is -3.20. The quantitative estimate of drug-likeness (QED) is 0.733. The molecule has 0 radical (unpaired) electrons. The number of ether oxygens (including phenoxy) is 1. The summed E-state index contributed by atoms with van der Waals surface area (Å²) in [7, 11) is -3.20. The van der Waals surface area contributed by atoms with E-state index in [-0.39, 0.29) is 11.3 Å². The molecule has 106 valence electrons. The van der Waals surface area contributed by atoms with Gasteiger partial charge in [-0.3, -0.25) is 0 Å². The van der Waals surface area contributed by atoms with Gasteiger partial charge in [-0.05, 0) is 39.2 Å². The summed E-state index contributed by atoms with van der Waals surface area (Å²) in [6.45, 7) is 9.33. The van der Waals surface area contributed by atoms with Crippen LogP contribution in [0.25, 0.3) is 0 Å². The number of nitrogens with zero attached hydrogens (tertiary/aromatic N) is 1. The van der Waals surface area contributed by atoms with E-state index in [1.54, 1.807) is 4.31 Å². The minimum Gasteiger partial charge on any atom is -0.381 e. The average Bonchev–Trinajstić information content (AvgIpc) is 2.82. The summed E-state index contributed by atoms with van der Waals surface area (Å²) in [6, 6.07) is 0. The fourth-order valence-electron chi connectivity index (χ4n) is 3.28. The number of nitrogens with one attached hydrogen (secondary N) is 1. The van der Waals surface area contributed by atoms with Crippen molar-refractivity contribution in [3.8, 4) is 0 Å². The molecule has 2 unspecified atom stereocenters. The smallest absolute Gasteiger partial charge is 0.216 e. The monoisotopic (exact) mass is 276 g/mol. The molecule has 0 aromatic carbocycles. The molecule has 0 aromatic rings. The van der Waals surface area contributed by atoms with Gasteiger partial charge in [-0.1, -0.05) is 0 Å². The van der Waals surface area contributed by atoms with Gasteiger partial charge in [0.2, 0.25) is 10.0 Å². The Kier molecular flexibility index (Phi) is 4.02. The first-order valence-corrected chi connectivity index (χ1v) is 8.29. The zero-order valence-corrected chi connectivity index (χ0v) is 12.3. The van der Waals surface area contributed by atoms with Gasteiger partial charge in [-0.25, -0.2) is 8.42 Å². The Morgan fingerprint density at radius 2 is 2.11 bits per heavy atom. The van der Waals surface area contributed by atoms with E-state index < -0.39 is 10.0 Å². The number of rotatable bonds is 5. The van der Waals surface area contributed by atoms with Crippen molar-refractivity contribution in [3.05, 3.63) is 0 Å². The van der Waals surface area contributed by atoms with Gasteiger partial charge in [0.1, 0.15) is 0 Å². The van der Waals surface area contributed by atoms with Gasteiger partial charge in [0, 0.05) is 25.2 Å². The summed E-state index contributed by atoms with van der Waals surface area (Å²) in [5.74, 6) is 0.984. The Hall–Kier alpha value is -0.170. The molecule has 0 saturated carbocycles. The first kappa shape index (κ1) is 14.2. The highest BCUT2D eigenvalue weighted by Gasteiger charge is 2.53. The molecule has 0 bridgehead atoms. The predicted molar refractivity (Wildman–Crippen MR) is 70.9 cm³/mol. The molecule has 0 aliphatic carbocycles. The van der Waals surface area contributed by atoms with Crippen LogP contribution in [0.15, 0.2) is 0 Å². The summed E-state index contributed by atoms with van der Waals surface area (Å²) < 4.78 is 31.6. The lowest BCUT2D eigenvalue weighted by Gasteiger charge is -2.34. The topological polar surface area (TPSA) is 58.6 Å². The maximum Gasteiger partial charge on any atom is 0.216 e. The SMILES string of the molecule is CCOCCS(=O)(=O)N1CC2CNCC2C1(C)C. The van der Waals surface area contributed by atoms with E-state index >= 15 is 0 Å². The van der Waals surface area contributed by atoms with E-state index in [2.05, 4.69) is 5.32 Å². The first-order valence-electron chi connectivity index (χ1n) is 6.68. The van der Waals surface area contributed by atoms with Crippen LogP contribution in [0.2, 0.25) is 0 Å². The van der Waals surface area contributed by atoms with Crippen molar-refractivity contribution in [1.29, 1.82) is 0 Å². The molecule has 2 fully saturated rings. The molecule has 2 atom stereocenters. The minimum absolute atomic E-state index is 0.0944. The van der Waals surface area contributed by atoms with Crippen LogP contribution in [0.4, 0.5) is 0 Å². The maximum absolute atomic E-state index is 12.4. The van der Waals surface area contributed by atoms with Gasteiger partial charge in [0.05, 0.1) is 12.4 Å². The van der Waals surface area contributed by atoms with Crippen LogP contribution in [0.1, 0.15) is 20.8 Å². The highest BCUT2D eigenvalue weighted by Crippen LogP contribution is 2.42. The van der Waals surface area contributed by atoms with E-state index in [0.29, 0.717) is 31.6 Å². The molecule has 2 aliphatic rings. The Morgan fingerprint density at radius 1 is 1.39 bits per heavy atom. The van der Waals surface area contributed by atoms with Crippen LogP contribution >= 0.6 is 0 Å². The standard InChI is InChI=1S/C12H24N2O3S/c1-4-17-5-6-18(15,16)14-9-10-7-13-8-11(10)12(14,2)3/h10-11,13H,4-9H2,1-3H3. The van der Waals surface area contributed by atoms with E-state index in [4.69, 9.17) is 4.74 Å². The van der Waals surface area contributed by atoms with E-state index in [0.717, 1.165) is 13.1 Å². The van der Waals surface area contributed by atoms with Gasteiger partial charge in [0.15, 0.2) is 0 Å². The summed E-state index contributed by atoms with van der Waals surface area (Å²) in [5, 5.41) is 3.36. The number of fused-ring (bicyclic) bond motifs is 1. The highest BCUT2D eigenvalue weighted by atomic mass is 32.2. The molecule has 0 amide bonds. The Bertz CT molecular complexity index is 394. The molecule has 2 saturated heterocycles. The first-order chi connectivity index (χ1) is 8.39. The van der Waals surface area contributed by atoms with E-state index in [1.807, 2.05) is 20.8 Å². The summed E-state index contributed by atoms with van der Waals surface area (Å²) in [5.41, 5.74) is -0.279. The molecule has 18 heavy (non-hydrogen) atoms. The van der Waals surface area contributed by atoms with Crippen molar-refractivity contribution in [3.63, 3.8) is 0 Å². The van der Waals surface area contributed by atoms with E-state index in [9.17, 15) is 8.42 Å². The molecule has 2 heterocycles. The van der Waals surface area contributed by atoms with Crippen molar-refractivity contribution in [2.75, 3.05) is 38.6 Å². The third-order valence-electron chi connectivity index (χ3n) is 4.32. The molecular weight excluding hydrogens is 252 g/mol. The van der Waals surface area contributed by atoms with Crippen LogP contribution in [-0.2, 0) is 14.8 Å². The second-order valence-electron chi connectivity index (χ2n) is 5.72. The van der Waals surface area contributed by atoms with Gasteiger partial charge in [0.25, 0.3) is 0 Å². The zero-order chi connectivity index (χ0) is 13.4. The number of hydrogen-bond acceptors (Lipinski definition) is 4. The maximum atomic E-state index is 12.4. The predicted octanol–water partition coefficient (Wildman–Crippen LogP) is 0.283. The van der Waals surface area contributed by atoms with Crippen LogP contribution in [0, 0.1) is 11.8 Å². The molecule has 0 spiro atoms. The molecule has 2 aliphatic heterocycles. The van der Waals surface area contributed by atoms with Crippen molar-refractivity contribution in [2.24, 2.45) is 11.8 Å². The van der Waals surface area contributed by atoms with Crippen molar-refractivity contribution < 1.29 is 13.2 Å². The van der Waals surface area contributed by atoms with Gasteiger partial charge in [-0.15, -0.1) is 0 Å². The Balaban J connectivity index is 2.09. The largest absolute Gasteiger partial charge is 0.381 e. The average molecular weight is 276 g/mol. The molecule has 1 N–H and O–H groups in total. The normalized spacial score (nSPS) is 31.7. The summed E-state index contributed by atoms with van der Waals surface area (Å²) >= 11 is 0. The van der Waals surface area contributed by atoms with E-state index in [1.165, 1.54) is 0 Å². The lowest BCUT2D eigenvalue weighted by Crippen LogP contribution is -2.48. The Morgan fingerprint density at radius 3 is 2.72 bits per heavy atom. The number of sulfonamides is 1. The van der Waals surface area contributed by atoms with Crippen LogP contribution < -0.4 is 5.32 Å². The lowest BCUT2D eigenvalue weighted by molar-refractivity contribution is 0.160. The van der Waals surface area contributed by atoms with Crippen molar-refractivity contribution in [1.82, 2.24) is 9.62 Å². The fourth-order valence-corrected chi connectivity index (χ4v) is 5.10. The second-order valence-corrected chi connectivity index (χ2v) is 7.74. The summed E-state index contributed by atoms with van der Waals surface area (Å²) in [6.07, 6.45) is 0. The van der Waals surface area contributed by atoms with Crippen LogP contribution in [0.3, 0.4) is 0 Å². The molecule has 0 aromatic heterocycles. The molecule has 5 nitrogen and oxygen atoms in total. The number of hydrogen-bond donors (Lipinski definition) is 1. The molecule has 6 heteroatoms. The highest BCUT2D eigenvalue weighted by molar-refractivity contribution is 7.89. The van der Waals surface area contributed by atoms with Gasteiger partial charge in [-0.2, -0.15) is 4.31 Å². The fraction of sp³-hybridized carbons (Fsp3) is 1.00. The summed E-state index contributed by atoms with van der Waals surface area (Å²) in [4.78, 5) is 0. The van der Waals surface area contributed by atoms with Gasteiger partial charge >= 0.3 is 0 Å². The van der Waals surface area contributed by atoms with Crippen LogP contribution in [-0.4, -0.2) is 56.9 Å². The van der Waals surface area contributed by atoms with Crippen molar-refractivity contribution >= 4 is 10.0 Å². The second kappa shape index (κ2) is 5.07. The van der Waals surface area contributed by atoms with Crippen LogP contribution in [0.5, 0.6) is 0 Å². The zero-order valence-electron chi connectivity index (χ0n) is 11.5. The van der Waals surface area contributed by atoms with Gasteiger partial charge < -0.3 is 10.1 Å². The molecule has 2 rings (SSSR count). The third kappa shape index (κ3) is 2.43. The third-order valence-corrected chi connectivity index (χ3v) is 6.29. The molecular formula is C12H24N2O3S. The van der Waals surface area contributed by atoms with Crippen molar-refractivity contribution in [2.45, 2.75) is 26.3 Å². The lowest BCUT2D eigenvalue weighted by atomic mass is 9.85. The Labute approximate surface area is 110 Å².